The summed E-state index contributed by atoms with van der Waals surface area (Å²) in [5.41, 5.74) is 0.886. The van der Waals surface area contributed by atoms with Crippen LogP contribution >= 0.6 is 22.7 Å². The molecule has 1 atom stereocenters. The molecule has 4 heterocycles. The van der Waals surface area contributed by atoms with E-state index in [-0.39, 0.29) is 42.4 Å². The fraction of sp³-hybridized carbons (Fsp3) is 0.250. The largest absolute Gasteiger partial charge is 0.494 e. The number of carbonyl (C=O) groups excluding carboxylic acids is 1. The van der Waals surface area contributed by atoms with Gasteiger partial charge in [-0.05, 0) is 24.1 Å². The third-order valence-corrected chi connectivity index (χ3v) is 7.20. The first-order valence-corrected chi connectivity index (χ1v) is 11.3. The minimum absolute atomic E-state index is 0.0811. The number of aliphatic carboxylic acids is 1. The van der Waals surface area contributed by atoms with E-state index < -0.39 is 28.8 Å². The average Bonchev–Trinajstić information content (AvgIpc) is 3.27. The van der Waals surface area contributed by atoms with Gasteiger partial charge in [0.15, 0.2) is 0 Å². The molecule has 1 unspecified atom stereocenters. The van der Waals surface area contributed by atoms with E-state index in [0.29, 0.717) is 21.0 Å². The Bertz CT molecular complexity index is 1290. The van der Waals surface area contributed by atoms with Gasteiger partial charge in [-0.2, -0.15) is 0 Å². The molecule has 4 N–H and O–H groups in total. The van der Waals surface area contributed by atoms with Crippen molar-refractivity contribution in [2.45, 2.75) is 25.5 Å². The lowest BCUT2D eigenvalue weighted by atomic mass is 10.0. The van der Waals surface area contributed by atoms with E-state index in [9.17, 15) is 29.4 Å². The van der Waals surface area contributed by atoms with Gasteiger partial charge in [-0.1, -0.05) is 17.4 Å². The molecule has 0 radical (unpaired) electrons. The number of pyridine rings is 1. The predicted octanol–water partition coefficient (Wildman–Crippen LogP) is 1.70. The number of aromatic nitrogens is 2. The number of nitrogens with zero attached hydrogens (tertiary/aromatic N) is 2. The van der Waals surface area contributed by atoms with Crippen LogP contribution in [0.25, 0.3) is 0 Å². The highest BCUT2D eigenvalue weighted by Crippen LogP contribution is 2.42. The monoisotopic (exact) mass is 491 g/mol. The number of carbonyl (C=O) groups is 3. The summed E-state index contributed by atoms with van der Waals surface area (Å²) in [5, 5.41) is 31.1. The van der Waals surface area contributed by atoms with Crippen molar-refractivity contribution < 1.29 is 34.4 Å². The van der Waals surface area contributed by atoms with Gasteiger partial charge in [-0.15, -0.1) is 11.3 Å². The van der Waals surface area contributed by atoms with E-state index in [1.54, 1.807) is 24.4 Å². The Morgan fingerprint density at radius 2 is 2.03 bits per heavy atom. The summed E-state index contributed by atoms with van der Waals surface area (Å²) < 4.78 is 6.91. The molecule has 3 aromatic rings. The molecule has 33 heavy (non-hydrogen) atoms. The number of rotatable bonds is 6. The topological polar surface area (TPSA) is 168 Å². The smallest absolute Gasteiger partial charge is 0.394 e. The Morgan fingerprint density at radius 1 is 1.24 bits per heavy atom. The van der Waals surface area contributed by atoms with E-state index in [0.717, 1.165) is 27.2 Å². The quantitative estimate of drug-likeness (QED) is 0.375. The van der Waals surface area contributed by atoms with Crippen LogP contribution in [0.3, 0.4) is 0 Å². The number of carboxylic acids is 2. The molecular formula is C20H17N3O8S2. The Labute approximate surface area is 193 Å². The van der Waals surface area contributed by atoms with Crippen LogP contribution in [0.15, 0.2) is 29.2 Å². The lowest BCUT2D eigenvalue weighted by Gasteiger charge is -2.23. The SMILES string of the molecule is O=C(O)C(=O)Nc1sc2c(c1C(=O)O)CCOC2Cn1c(O)c(Cc2ccccn2)sc1=O. The minimum atomic E-state index is -1.75. The van der Waals surface area contributed by atoms with Gasteiger partial charge in [-0.25, -0.2) is 9.59 Å². The summed E-state index contributed by atoms with van der Waals surface area (Å²) in [6.07, 6.45) is 1.35. The number of nitrogens with one attached hydrogen (secondary N) is 1. The lowest BCUT2D eigenvalue weighted by Crippen LogP contribution is -2.24. The normalized spacial score (nSPS) is 15.1. The fourth-order valence-corrected chi connectivity index (χ4v) is 5.71. The Balaban J connectivity index is 1.65. The van der Waals surface area contributed by atoms with Crippen LogP contribution in [0.1, 0.15) is 37.5 Å². The van der Waals surface area contributed by atoms with Crippen LogP contribution in [0.5, 0.6) is 5.88 Å². The summed E-state index contributed by atoms with van der Waals surface area (Å²) in [7, 11) is 0. The van der Waals surface area contributed by atoms with Gasteiger partial charge in [0.05, 0.1) is 23.6 Å². The summed E-state index contributed by atoms with van der Waals surface area (Å²) in [6.45, 7) is 0.0731. The zero-order valence-corrected chi connectivity index (χ0v) is 18.4. The third kappa shape index (κ3) is 4.51. The highest BCUT2D eigenvalue weighted by molar-refractivity contribution is 7.17. The van der Waals surface area contributed by atoms with Crippen LogP contribution in [-0.4, -0.2) is 49.3 Å². The van der Waals surface area contributed by atoms with Crippen LogP contribution in [0, 0.1) is 0 Å². The molecule has 1 aliphatic rings. The lowest BCUT2D eigenvalue weighted by molar-refractivity contribution is -0.147. The predicted molar refractivity (Wildman–Crippen MR) is 117 cm³/mol. The van der Waals surface area contributed by atoms with Gasteiger partial charge in [0.25, 0.3) is 0 Å². The van der Waals surface area contributed by atoms with Crippen molar-refractivity contribution in [2.24, 2.45) is 0 Å². The van der Waals surface area contributed by atoms with Crippen LogP contribution in [0.4, 0.5) is 5.00 Å². The van der Waals surface area contributed by atoms with Crippen LogP contribution in [0.2, 0.25) is 0 Å². The van der Waals surface area contributed by atoms with Gasteiger partial charge < -0.3 is 25.4 Å². The second kappa shape index (κ2) is 9.13. The Hall–Kier alpha value is -3.55. The molecule has 0 fully saturated rings. The van der Waals surface area contributed by atoms with Crippen molar-refractivity contribution in [2.75, 3.05) is 11.9 Å². The summed E-state index contributed by atoms with van der Waals surface area (Å²) >= 11 is 1.76. The number of aromatic carboxylic acids is 1. The number of ether oxygens (including phenoxy) is 1. The Morgan fingerprint density at radius 3 is 2.70 bits per heavy atom. The molecule has 0 saturated heterocycles. The van der Waals surface area contributed by atoms with Gasteiger partial charge >= 0.3 is 22.7 Å². The molecule has 0 bridgehead atoms. The number of thiophene rings is 1. The molecule has 1 aliphatic heterocycles. The van der Waals surface area contributed by atoms with E-state index >= 15 is 0 Å². The number of aromatic hydroxyl groups is 1. The Kier molecular flexibility index (Phi) is 6.26. The molecule has 4 rings (SSSR count). The van der Waals surface area contributed by atoms with Crippen LogP contribution < -0.4 is 10.2 Å². The van der Waals surface area contributed by atoms with Crippen molar-refractivity contribution in [3.05, 3.63) is 60.6 Å². The molecule has 0 spiro atoms. The van der Waals surface area contributed by atoms with Gasteiger partial charge in [0.1, 0.15) is 11.1 Å². The second-order valence-corrected chi connectivity index (χ2v) is 9.14. The highest BCUT2D eigenvalue weighted by atomic mass is 32.1. The molecule has 3 aromatic heterocycles. The second-order valence-electron chi connectivity index (χ2n) is 7.05. The van der Waals surface area contributed by atoms with Gasteiger partial charge in [-0.3, -0.25) is 19.1 Å². The van der Waals surface area contributed by atoms with Crippen LogP contribution in [-0.2, 0) is 33.7 Å². The maximum absolute atomic E-state index is 12.6. The number of fused-ring (bicyclic) bond motifs is 1. The number of anilines is 1. The maximum atomic E-state index is 12.6. The summed E-state index contributed by atoms with van der Waals surface area (Å²) in [5.74, 6) is -4.65. The number of carboxylic acid groups (broad SMARTS) is 2. The molecule has 0 saturated carbocycles. The molecule has 172 valence electrons. The first-order chi connectivity index (χ1) is 15.8. The van der Waals surface area contributed by atoms with Crippen molar-refractivity contribution in [3.8, 4) is 5.88 Å². The van der Waals surface area contributed by atoms with Crippen molar-refractivity contribution in [3.63, 3.8) is 0 Å². The van der Waals surface area contributed by atoms with E-state index in [4.69, 9.17) is 9.84 Å². The summed E-state index contributed by atoms with van der Waals surface area (Å²) in [4.78, 5) is 51.6. The van der Waals surface area contributed by atoms with Crippen molar-refractivity contribution in [1.29, 1.82) is 0 Å². The number of amides is 1. The fourth-order valence-electron chi connectivity index (χ4n) is 3.53. The zero-order valence-electron chi connectivity index (χ0n) is 16.8. The first kappa shape index (κ1) is 22.6. The molecule has 0 aromatic carbocycles. The zero-order chi connectivity index (χ0) is 23.7. The molecule has 1 amide bonds. The van der Waals surface area contributed by atoms with E-state index in [1.165, 1.54) is 0 Å². The van der Waals surface area contributed by atoms with E-state index in [2.05, 4.69) is 10.3 Å². The molecule has 13 heteroatoms. The number of thiazole rings is 1. The number of hydrogen-bond donors (Lipinski definition) is 4. The minimum Gasteiger partial charge on any atom is -0.494 e. The van der Waals surface area contributed by atoms with E-state index in [1.807, 2.05) is 0 Å². The van der Waals surface area contributed by atoms with Crippen molar-refractivity contribution >= 4 is 45.5 Å². The molecule has 11 nitrogen and oxygen atoms in total. The first-order valence-electron chi connectivity index (χ1n) is 9.62. The summed E-state index contributed by atoms with van der Waals surface area (Å²) in [6, 6.07) is 5.33. The third-order valence-electron chi connectivity index (χ3n) is 4.99. The molecular weight excluding hydrogens is 474 g/mol. The molecule has 0 aliphatic carbocycles. The van der Waals surface area contributed by atoms with Gasteiger partial charge in [0, 0.05) is 23.2 Å². The average molecular weight is 492 g/mol. The number of hydrogen-bond acceptors (Lipinski definition) is 9. The highest BCUT2D eigenvalue weighted by Gasteiger charge is 2.33. The maximum Gasteiger partial charge on any atom is 0.394 e. The standard InChI is InChI=1S/C20H17N3O8S2/c24-15(19(28)29)22-16-13(18(26)27)10-4-6-31-11(14(10)33-16)8-23-17(25)12(32-20(23)30)7-9-3-1-2-5-21-9/h1-3,5,11,25H,4,6-8H2,(H,22,24)(H,26,27)(H,28,29). The van der Waals surface area contributed by atoms with Crippen molar-refractivity contribution in [1.82, 2.24) is 9.55 Å². The van der Waals surface area contributed by atoms with Gasteiger partial charge in [0.2, 0.25) is 5.88 Å².